The molecule has 1 fully saturated rings. The lowest BCUT2D eigenvalue weighted by atomic mass is 9.80. The van der Waals surface area contributed by atoms with Crippen LogP contribution in [0.25, 0.3) is 0 Å². The molecule has 24 heavy (non-hydrogen) atoms. The Labute approximate surface area is 144 Å². The molecule has 0 radical (unpaired) electrons. The number of hydrogen-bond donors (Lipinski definition) is 1. The summed E-state index contributed by atoms with van der Waals surface area (Å²) in [6.07, 6.45) is 0. The lowest BCUT2D eigenvalue weighted by Crippen LogP contribution is -2.51. The van der Waals surface area contributed by atoms with Crippen LogP contribution in [0.4, 0.5) is 11.4 Å². The molecule has 0 amide bonds. The second kappa shape index (κ2) is 6.20. The molecule has 0 aliphatic carbocycles. The summed E-state index contributed by atoms with van der Waals surface area (Å²) in [6.45, 7) is 5.27. The molecule has 2 aliphatic heterocycles. The number of rotatable bonds is 3. The van der Waals surface area contributed by atoms with Crippen molar-refractivity contribution < 1.29 is 4.74 Å². The standard InChI is InChI=1S/C20H25N3O/c1-22-11-13-23(14-12-22)15-20(24-2)16-7-3-5-9-18(16)21-19-10-6-4-8-17(19)20/h3-10,21H,11-15H2,1-2H3. The Kier molecular flexibility index (Phi) is 4.04. The molecule has 4 nitrogen and oxygen atoms in total. The van der Waals surface area contributed by atoms with E-state index in [-0.39, 0.29) is 0 Å². The van der Waals surface area contributed by atoms with E-state index in [4.69, 9.17) is 4.74 Å². The Bertz CT molecular complexity index is 677. The fourth-order valence-electron chi connectivity index (χ4n) is 3.95. The summed E-state index contributed by atoms with van der Waals surface area (Å²) < 4.78 is 6.27. The summed E-state index contributed by atoms with van der Waals surface area (Å²) in [4.78, 5) is 4.92. The van der Waals surface area contributed by atoms with Gasteiger partial charge in [-0.1, -0.05) is 36.4 Å². The van der Waals surface area contributed by atoms with Gasteiger partial charge in [0, 0.05) is 62.3 Å². The molecule has 1 saturated heterocycles. The normalized spacial score (nSPS) is 20.1. The van der Waals surface area contributed by atoms with Gasteiger partial charge in [-0.3, -0.25) is 4.90 Å². The zero-order chi connectivity index (χ0) is 16.6. The molecule has 2 aliphatic rings. The van der Waals surface area contributed by atoms with Crippen LogP contribution in [0, 0.1) is 0 Å². The number of nitrogens with one attached hydrogen (secondary N) is 1. The van der Waals surface area contributed by atoms with E-state index < -0.39 is 5.60 Å². The summed E-state index contributed by atoms with van der Waals surface area (Å²) in [6, 6.07) is 17.0. The van der Waals surface area contributed by atoms with Gasteiger partial charge in [-0.2, -0.15) is 0 Å². The van der Waals surface area contributed by atoms with Gasteiger partial charge in [0.25, 0.3) is 0 Å². The Balaban J connectivity index is 1.78. The number of methoxy groups -OCH3 is 1. The van der Waals surface area contributed by atoms with E-state index in [1.54, 1.807) is 0 Å². The molecule has 4 rings (SSSR count). The number of benzene rings is 2. The lowest BCUT2D eigenvalue weighted by molar-refractivity contribution is -0.0176. The maximum absolute atomic E-state index is 6.27. The quantitative estimate of drug-likeness (QED) is 0.940. The van der Waals surface area contributed by atoms with Gasteiger partial charge in [0.2, 0.25) is 0 Å². The highest BCUT2D eigenvalue weighted by molar-refractivity contribution is 5.75. The summed E-state index contributed by atoms with van der Waals surface area (Å²) >= 11 is 0. The fraction of sp³-hybridized carbons (Fsp3) is 0.400. The molecule has 2 aromatic carbocycles. The van der Waals surface area contributed by atoms with E-state index in [0.29, 0.717) is 0 Å². The monoisotopic (exact) mass is 323 g/mol. The SMILES string of the molecule is COC1(CN2CCN(C)CC2)c2ccccc2Nc2ccccc21. The number of ether oxygens (including phenoxy) is 1. The number of anilines is 2. The first-order valence-electron chi connectivity index (χ1n) is 8.65. The molecule has 2 heterocycles. The minimum Gasteiger partial charge on any atom is -0.367 e. The van der Waals surface area contributed by atoms with Crippen molar-refractivity contribution in [2.75, 3.05) is 52.2 Å². The van der Waals surface area contributed by atoms with Crippen LogP contribution in [-0.4, -0.2) is 56.7 Å². The highest BCUT2D eigenvalue weighted by Gasteiger charge is 2.42. The number of fused-ring (bicyclic) bond motifs is 2. The number of piperazine rings is 1. The van der Waals surface area contributed by atoms with Gasteiger partial charge in [0.05, 0.1) is 0 Å². The average molecular weight is 323 g/mol. The Morgan fingerprint density at radius 2 is 1.46 bits per heavy atom. The van der Waals surface area contributed by atoms with Crippen LogP contribution < -0.4 is 5.32 Å². The first-order valence-corrected chi connectivity index (χ1v) is 8.65. The van der Waals surface area contributed by atoms with Crippen LogP contribution in [0.1, 0.15) is 11.1 Å². The maximum Gasteiger partial charge on any atom is 0.134 e. The second-order valence-corrected chi connectivity index (χ2v) is 6.83. The van der Waals surface area contributed by atoms with Crippen LogP contribution in [0.15, 0.2) is 48.5 Å². The second-order valence-electron chi connectivity index (χ2n) is 6.83. The summed E-state index contributed by atoms with van der Waals surface area (Å²) in [5.41, 5.74) is 4.32. The van der Waals surface area contributed by atoms with E-state index >= 15 is 0 Å². The third kappa shape index (κ3) is 2.51. The first kappa shape index (κ1) is 15.6. The smallest absolute Gasteiger partial charge is 0.134 e. The van der Waals surface area contributed by atoms with Crippen LogP contribution in [0.5, 0.6) is 0 Å². The third-order valence-corrected chi connectivity index (χ3v) is 5.38. The molecule has 1 N–H and O–H groups in total. The van der Waals surface area contributed by atoms with Gasteiger partial charge in [-0.05, 0) is 19.2 Å². The van der Waals surface area contributed by atoms with Gasteiger partial charge in [0.15, 0.2) is 0 Å². The predicted octanol–water partition coefficient (Wildman–Crippen LogP) is 2.88. The van der Waals surface area contributed by atoms with Gasteiger partial charge in [-0.15, -0.1) is 0 Å². The molecule has 0 atom stereocenters. The molecule has 0 unspecified atom stereocenters. The highest BCUT2D eigenvalue weighted by Crippen LogP contribution is 2.46. The molecule has 4 heteroatoms. The van der Waals surface area contributed by atoms with Crippen LogP contribution in [0.2, 0.25) is 0 Å². The van der Waals surface area contributed by atoms with Crippen molar-refractivity contribution in [3.8, 4) is 0 Å². The van der Waals surface area contributed by atoms with E-state index in [0.717, 1.165) is 44.1 Å². The summed E-state index contributed by atoms with van der Waals surface area (Å²) in [7, 11) is 4.04. The highest BCUT2D eigenvalue weighted by atomic mass is 16.5. The van der Waals surface area contributed by atoms with Crippen LogP contribution in [-0.2, 0) is 10.3 Å². The zero-order valence-corrected chi connectivity index (χ0v) is 14.5. The average Bonchev–Trinajstić information content (AvgIpc) is 2.63. The molecule has 0 saturated carbocycles. The first-order chi connectivity index (χ1) is 11.7. The Hall–Kier alpha value is -1.88. The number of nitrogens with zero attached hydrogens (tertiary/aromatic N) is 2. The molecule has 0 aromatic heterocycles. The number of hydrogen-bond acceptors (Lipinski definition) is 4. The maximum atomic E-state index is 6.27. The largest absolute Gasteiger partial charge is 0.367 e. The topological polar surface area (TPSA) is 27.7 Å². The predicted molar refractivity (Wildman–Crippen MR) is 97.9 cm³/mol. The van der Waals surface area contributed by atoms with E-state index in [2.05, 4.69) is 70.7 Å². The van der Waals surface area contributed by atoms with Gasteiger partial charge in [0.1, 0.15) is 5.60 Å². The van der Waals surface area contributed by atoms with Crippen LogP contribution in [0.3, 0.4) is 0 Å². The molecule has 126 valence electrons. The molecule has 0 spiro atoms. The van der Waals surface area contributed by atoms with Crippen molar-refractivity contribution in [1.29, 1.82) is 0 Å². The number of para-hydroxylation sites is 2. The number of likely N-dealkylation sites (N-methyl/N-ethyl adjacent to an activating group) is 1. The molecule has 2 aromatic rings. The molecule has 0 bridgehead atoms. The van der Waals surface area contributed by atoms with Crippen molar-refractivity contribution in [2.45, 2.75) is 5.60 Å². The van der Waals surface area contributed by atoms with E-state index in [1.165, 1.54) is 11.1 Å². The van der Waals surface area contributed by atoms with E-state index in [9.17, 15) is 0 Å². The molecular weight excluding hydrogens is 298 g/mol. The van der Waals surface area contributed by atoms with Crippen molar-refractivity contribution in [3.63, 3.8) is 0 Å². The van der Waals surface area contributed by atoms with Crippen LogP contribution >= 0.6 is 0 Å². The Morgan fingerprint density at radius 3 is 2.00 bits per heavy atom. The van der Waals surface area contributed by atoms with Crippen molar-refractivity contribution in [3.05, 3.63) is 59.7 Å². The zero-order valence-electron chi connectivity index (χ0n) is 14.5. The van der Waals surface area contributed by atoms with E-state index in [1.807, 2.05) is 7.11 Å². The van der Waals surface area contributed by atoms with Gasteiger partial charge >= 0.3 is 0 Å². The van der Waals surface area contributed by atoms with Gasteiger partial charge in [-0.25, -0.2) is 0 Å². The van der Waals surface area contributed by atoms with Crippen molar-refractivity contribution in [1.82, 2.24) is 9.80 Å². The summed E-state index contributed by atoms with van der Waals surface area (Å²) in [5, 5.41) is 3.57. The van der Waals surface area contributed by atoms with Crippen molar-refractivity contribution in [2.24, 2.45) is 0 Å². The lowest BCUT2D eigenvalue weighted by Gasteiger charge is -2.44. The van der Waals surface area contributed by atoms with Crippen molar-refractivity contribution >= 4 is 11.4 Å². The Morgan fingerprint density at radius 1 is 0.917 bits per heavy atom. The fourth-order valence-corrected chi connectivity index (χ4v) is 3.95. The van der Waals surface area contributed by atoms with Gasteiger partial charge < -0.3 is 15.0 Å². The third-order valence-electron chi connectivity index (χ3n) is 5.38. The minimum atomic E-state index is -0.422. The molecular formula is C20H25N3O. The summed E-state index contributed by atoms with van der Waals surface area (Å²) in [5.74, 6) is 0. The minimum absolute atomic E-state index is 0.422.